The van der Waals surface area contributed by atoms with E-state index >= 15 is 0 Å². The molecule has 2 atom stereocenters. The lowest BCUT2D eigenvalue weighted by Crippen LogP contribution is -2.39. The van der Waals surface area contributed by atoms with Gasteiger partial charge < -0.3 is 5.32 Å². The monoisotopic (exact) mass is 231 g/mol. The molecule has 2 rings (SSSR count). The molecule has 94 valence electrons. The lowest BCUT2D eigenvalue weighted by molar-refractivity contribution is 0.256. The van der Waals surface area contributed by atoms with Crippen molar-refractivity contribution >= 4 is 0 Å². The van der Waals surface area contributed by atoms with E-state index in [0.29, 0.717) is 12.0 Å². The van der Waals surface area contributed by atoms with Crippen LogP contribution in [0.2, 0.25) is 0 Å². The number of fused-ring (bicyclic) bond motifs is 1. The molecule has 0 amide bonds. The van der Waals surface area contributed by atoms with Crippen molar-refractivity contribution in [1.29, 1.82) is 0 Å². The predicted octanol–water partition coefficient (Wildman–Crippen LogP) is 4.04. The van der Waals surface area contributed by atoms with Gasteiger partial charge in [0.15, 0.2) is 0 Å². The third kappa shape index (κ3) is 2.40. The molecule has 0 bridgehead atoms. The smallest absolute Gasteiger partial charge is 0.0372 e. The summed E-state index contributed by atoms with van der Waals surface area (Å²) in [4.78, 5) is 0. The molecule has 1 heterocycles. The summed E-state index contributed by atoms with van der Waals surface area (Å²) in [6.07, 6.45) is 1.12. The molecule has 1 N–H and O–H groups in total. The van der Waals surface area contributed by atoms with Crippen LogP contribution >= 0.6 is 0 Å². The molecule has 0 aliphatic carbocycles. The van der Waals surface area contributed by atoms with Crippen LogP contribution in [-0.2, 0) is 6.42 Å². The molecule has 0 saturated heterocycles. The van der Waals surface area contributed by atoms with Gasteiger partial charge in [-0.3, -0.25) is 0 Å². The van der Waals surface area contributed by atoms with E-state index in [1.165, 1.54) is 11.1 Å². The summed E-state index contributed by atoms with van der Waals surface area (Å²) < 4.78 is 0. The largest absolute Gasteiger partial charge is 0.309 e. The zero-order chi connectivity index (χ0) is 12.6. The van der Waals surface area contributed by atoms with E-state index in [0.717, 1.165) is 13.0 Å². The molecule has 1 aliphatic heterocycles. The number of rotatable bonds is 1. The van der Waals surface area contributed by atoms with Crippen LogP contribution in [0.1, 0.15) is 63.3 Å². The number of benzene rings is 1. The Morgan fingerprint density at radius 2 is 1.94 bits per heavy atom. The van der Waals surface area contributed by atoms with E-state index in [1.807, 2.05) is 0 Å². The van der Waals surface area contributed by atoms with Gasteiger partial charge in [-0.1, -0.05) is 52.8 Å². The first kappa shape index (κ1) is 12.6. The molecule has 0 radical (unpaired) electrons. The fourth-order valence-electron chi connectivity index (χ4n) is 2.83. The molecule has 17 heavy (non-hydrogen) atoms. The standard InChI is InChI=1S/C16H25N/c1-6-12-7-8-13-11(2)10-17-15(14(13)9-12)16(3,4)5/h7-9,11,15,17H,6,10H2,1-5H3. The van der Waals surface area contributed by atoms with Gasteiger partial charge >= 0.3 is 0 Å². The van der Waals surface area contributed by atoms with Crippen molar-refractivity contribution in [2.75, 3.05) is 6.54 Å². The van der Waals surface area contributed by atoms with Crippen molar-refractivity contribution in [3.63, 3.8) is 0 Å². The van der Waals surface area contributed by atoms with Gasteiger partial charge in [-0.2, -0.15) is 0 Å². The Balaban J connectivity index is 2.49. The molecule has 0 fully saturated rings. The van der Waals surface area contributed by atoms with Crippen molar-refractivity contribution in [3.05, 3.63) is 34.9 Å². The molecule has 2 unspecified atom stereocenters. The molecule has 0 saturated carbocycles. The van der Waals surface area contributed by atoms with Crippen molar-refractivity contribution in [2.24, 2.45) is 5.41 Å². The minimum atomic E-state index is 0.279. The van der Waals surface area contributed by atoms with Gasteiger partial charge in [-0.05, 0) is 34.4 Å². The van der Waals surface area contributed by atoms with Crippen LogP contribution in [0.3, 0.4) is 0 Å². The Kier molecular flexibility index (Phi) is 3.31. The quantitative estimate of drug-likeness (QED) is 0.769. The highest BCUT2D eigenvalue weighted by atomic mass is 14.9. The van der Waals surface area contributed by atoms with E-state index in [1.54, 1.807) is 5.56 Å². The maximum atomic E-state index is 3.72. The van der Waals surface area contributed by atoms with E-state index in [2.05, 4.69) is 58.1 Å². The van der Waals surface area contributed by atoms with Crippen LogP contribution < -0.4 is 5.32 Å². The minimum Gasteiger partial charge on any atom is -0.309 e. The second kappa shape index (κ2) is 4.45. The molecule has 0 aromatic heterocycles. The third-order valence-electron chi connectivity index (χ3n) is 3.90. The first-order chi connectivity index (χ1) is 7.93. The van der Waals surface area contributed by atoms with Gasteiger partial charge in [0.05, 0.1) is 0 Å². The molecular weight excluding hydrogens is 206 g/mol. The number of hydrogen-bond acceptors (Lipinski definition) is 1. The summed E-state index contributed by atoms with van der Waals surface area (Å²) in [6.45, 7) is 12.6. The molecule has 0 spiro atoms. The summed E-state index contributed by atoms with van der Waals surface area (Å²) >= 11 is 0. The summed E-state index contributed by atoms with van der Waals surface area (Å²) in [5.41, 5.74) is 4.80. The second-order valence-corrected chi connectivity index (χ2v) is 6.43. The number of nitrogens with one attached hydrogen (secondary N) is 1. The van der Waals surface area contributed by atoms with Crippen LogP contribution in [0.15, 0.2) is 18.2 Å². The molecule has 1 aliphatic rings. The maximum absolute atomic E-state index is 3.72. The normalized spacial score (nSPS) is 24.5. The zero-order valence-electron chi connectivity index (χ0n) is 11.8. The molecule has 1 aromatic rings. The average molecular weight is 231 g/mol. The van der Waals surface area contributed by atoms with Crippen LogP contribution in [0.25, 0.3) is 0 Å². The van der Waals surface area contributed by atoms with Gasteiger partial charge in [-0.15, -0.1) is 0 Å². The van der Waals surface area contributed by atoms with Gasteiger partial charge in [0, 0.05) is 12.6 Å². The summed E-state index contributed by atoms with van der Waals surface area (Å²) in [7, 11) is 0. The fraction of sp³-hybridized carbons (Fsp3) is 0.625. The van der Waals surface area contributed by atoms with E-state index < -0.39 is 0 Å². The lowest BCUT2D eigenvalue weighted by Gasteiger charge is -2.39. The average Bonchev–Trinajstić information content (AvgIpc) is 2.27. The number of aryl methyl sites for hydroxylation is 1. The Morgan fingerprint density at radius 1 is 1.24 bits per heavy atom. The Labute approximate surface area is 106 Å². The first-order valence-electron chi connectivity index (χ1n) is 6.79. The molecule has 1 nitrogen and oxygen atoms in total. The highest BCUT2D eigenvalue weighted by Gasteiger charge is 2.32. The van der Waals surface area contributed by atoms with Gasteiger partial charge in [0.1, 0.15) is 0 Å². The lowest BCUT2D eigenvalue weighted by atomic mass is 9.75. The van der Waals surface area contributed by atoms with Crippen molar-refractivity contribution in [1.82, 2.24) is 5.32 Å². The summed E-state index contributed by atoms with van der Waals surface area (Å²) in [5, 5.41) is 3.72. The van der Waals surface area contributed by atoms with Crippen LogP contribution in [0.5, 0.6) is 0 Å². The van der Waals surface area contributed by atoms with E-state index in [9.17, 15) is 0 Å². The maximum Gasteiger partial charge on any atom is 0.0372 e. The number of hydrogen-bond donors (Lipinski definition) is 1. The van der Waals surface area contributed by atoms with Crippen molar-refractivity contribution in [2.45, 2.75) is 53.0 Å². The van der Waals surface area contributed by atoms with Gasteiger partial charge in [0.2, 0.25) is 0 Å². The van der Waals surface area contributed by atoms with Gasteiger partial charge in [-0.25, -0.2) is 0 Å². The Hall–Kier alpha value is -0.820. The predicted molar refractivity (Wildman–Crippen MR) is 74.4 cm³/mol. The van der Waals surface area contributed by atoms with E-state index in [4.69, 9.17) is 0 Å². The highest BCUT2D eigenvalue weighted by Crippen LogP contribution is 2.40. The topological polar surface area (TPSA) is 12.0 Å². The van der Waals surface area contributed by atoms with Crippen LogP contribution in [0.4, 0.5) is 0 Å². The van der Waals surface area contributed by atoms with Crippen molar-refractivity contribution in [3.8, 4) is 0 Å². The third-order valence-corrected chi connectivity index (χ3v) is 3.90. The van der Waals surface area contributed by atoms with Crippen LogP contribution in [0, 0.1) is 5.41 Å². The summed E-state index contributed by atoms with van der Waals surface area (Å²) in [5.74, 6) is 0.634. The summed E-state index contributed by atoms with van der Waals surface area (Å²) in [6, 6.07) is 7.53. The Morgan fingerprint density at radius 3 is 2.53 bits per heavy atom. The molecule has 1 aromatic carbocycles. The molecular formula is C16H25N. The van der Waals surface area contributed by atoms with Crippen LogP contribution in [-0.4, -0.2) is 6.54 Å². The first-order valence-corrected chi connectivity index (χ1v) is 6.79. The van der Waals surface area contributed by atoms with Crippen molar-refractivity contribution < 1.29 is 0 Å². The highest BCUT2D eigenvalue weighted by molar-refractivity contribution is 5.39. The molecule has 1 heteroatoms. The van der Waals surface area contributed by atoms with Gasteiger partial charge in [0.25, 0.3) is 0 Å². The zero-order valence-corrected chi connectivity index (χ0v) is 11.8. The second-order valence-electron chi connectivity index (χ2n) is 6.43. The fourth-order valence-corrected chi connectivity index (χ4v) is 2.83. The van der Waals surface area contributed by atoms with E-state index in [-0.39, 0.29) is 5.41 Å². The SMILES string of the molecule is CCc1ccc2c(c1)C(C(C)(C)C)NCC2C. The minimum absolute atomic E-state index is 0.279. The Bertz CT molecular complexity index is 400.